The zero-order chi connectivity index (χ0) is 23.3. The van der Waals surface area contributed by atoms with Gasteiger partial charge < -0.3 is 4.57 Å². The lowest BCUT2D eigenvalue weighted by Gasteiger charge is -2.15. The van der Waals surface area contributed by atoms with Gasteiger partial charge in [-0.1, -0.05) is 78.9 Å². The third-order valence-corrected chi connectivity index (χ3v) is 5.57. The van der Waals surface area contributed by atoms with Gasteiger partial charge in [-0.25, -0.2) is 0 Å². The van der Waals surface area contributed by atoms with Crippen LogP contribution < -0.4 is 0 Å². The number of hydrogen-bond acceptors (Lipinski definition) is 3. The summed E-state index contributed by atoms with van der Waals surface area (Å²) in [6.45, 7) is 0. The summed E-state index contributed by atoms with van der Waals surface area (Å²) in [4.78, 5) is 15.6. The Morgan fingerprint density at radius 1 is 0.706 bits per heavy atom. The first-order valence-electron chi connectivity index (χ1n) is 10.9. The lowest BCUT2D eigenvalue weighted by Crippen LogP contribution is -2.01. The van der Waals surface area contributed by atoms with Crippen molar-refractivity contribution in [3.05, 3.63) is 137 Å². The van der Waals surface area contributed by atoms with Gasteiger partial charge in [0, 0.05) is 29.6 Å². The molecule has 0 fully saturated rings. The van der Waals surface area contributed by atoms with Crippen LogP contribution in [0.3, 0.4) is 0 Å². The van der Waals surface area contributed by atoms with E-state index < -0.39 is 0 Å². The minimum absolute atomic E-state index is 0.0595. The second kappa shape index (κ2) is 9.38. The number of aliphatic imine (C=N–C) groups is 1. The topological polar surface area (TPSA) is 60.4 Å². The Balaban J connectivity index is 1.77. The van der Waals surface area contributed by atoms with Crippen LogP contribution in [0.25, 0.3) is 28.2 Å². The highest BCUT2D eigenvalue weighted by molar-refractivity contribution is 5.94. The monoisotopic (exact) mass is 443 g/mol. The predicted octanol–water partition coefficient (Wildman–Crippen LogP) is 7.47. The zero-order valence-corrected chi connectivity index (χ0v) is 18.3. The zero-order valence-electron chi connectivity index (χ0n) is 18.3. The van der Waals surface area contributed by atoms with Crippen LogP contribution in [0.15, 0.2) is 126 Å². The van der Waals surface area contributed by atoms with Gasteiger partial charge in [-0.05, 0) is 41.5 Å². The van der Waals surface area contributed by atoms with Gasteiger partial charge in [0.15, 0.2) is 0 Å². The molecular weight excluding hydrogens is 422 g/mol. The SMILES string of the molecule is O=[N+]([O-])c1ccc(-n2c(-c3ccccc3)cc(C=Nc3ccccc3)c2-c2ccccc2)cc1. The molecule has 1 aromatic heterocycles. The second-order valence-corrected chi connectivity index (χ2v) is 7.77. The van der Waals surface area contributed by atoms with Gasteiger partial charge >= 0.3 is 0 Å². The fourth-order valence-corrected chi connectivity index (χ4v) is 3.99. The van der Waals surface area contributed by atoms with Gasteiger partial charge in [0.2, 0.25) is 0 Å². The highest BCUT2D eigenvalue weighted by atomic mass is 16.6. The molecule has 0 aliphatic carbocycles. The molecule has 5 nitrogen and oxygen atoms in total. The van der Waals surface area contributed by atoms with Crippen molar-refractivity contribution >= 4 is 17.6 Å². The average molecular weight is 444 g/mol. The van der Waals surface area contributed by atoms with Crippen LogP contribution in [-0.2, 0) is 0 Å². The molecule has 0 bridgehead atoms. The molecule has 0 saturated carbocycles. The van der Waals surface area contributed by atoms with Crippen molar-refractivity contribution in [2.75, 3.05) is 0 Å². The normalized spacial score (nSPS) is 11.1. The first-order chi connectivity index (χ1) is 16.7. The average Bonchev–Trinajstić information content (AvgIpc) is 3.29. The summed E-state index contributed by atoms with van der Waals surface area (Å²) >= 11 is 0. The van der Waals surface area contributed by atoms with Crippen LogP contribution >= 0.6 is 0 Å². The van der Waals surface area contributed by atoms with Crippen molar-refractivity contribution < 1.29 is 4.92 Å². The van der Waals surface area contributed by atoms with Crippen molar-refractivity contribution in [3.63, 3.8) is 0 Å². The molecule has 5 aromatic rings. The third kappa shape index (κ3) is 4.27. The Morgan fingerprint density at radius 2 is 1.26 bits per heavy atom. The van der Waals surface area contributed by atoms with E-state index in [-0.39, 0.29) is 10.6 Å². The Kier molecular flexibility index (Phi) is 5.82. The number of benzene rings is 4. The molecule has 4 aromatic carbocycles. The van der Waals surface area contributed by atoms with Crippen molar-refractivity contribution in [2.24, 2.45) is 4.99 Å². The molecule has 0 amide bonds. The van der Waals surface area contributed by atoms with E-state index in [1.165, 1.54) is 12.1 Å². The molecule has 164 valence electrons. The van der Waals surface area contributed by atoms with Crippen molar-refractivity contribution in [1.29, 1.82) is 0 Å². The largest absolute Gasteiger partial charge is 0.309 e. The summed E-state index contributed by atoms with van der Waals surface area (Å²) in [6, 6.07) is 38.8. The number of nitro benzene ring substituents is 1. The molecule has 0 aliphatic heterocycles. The maximum Gasteiger partial charge on any atom is 0.269 e. The predicted molar refractivity (Wildman–Crippen MR) is 137 cm³/mol. The van der Waals surface area contributed by atoms with E-state index in [4.69, 9.17) is 4.99 Å². The summed E-state index contributed by atoms with van der Waals surface area (Å²) in [5.74, 6) is 0. The summed E-state index contributed by atoms with van der Waals surface area (Å²) in [5.41, 5.74) is 6.72. The van der Waals surface area contributed by atoms with Crippen LogP contribution in [0, 0.1) is 10.1 Å². The van der Waals surface area contributed by atoms with Gasteiger partial charge in [0.25, 0.3) is 5.69 Å². The van der Waals surface area contributed by atoms with Crippen molar-refractivity contribution in [3.8, 4) is 28.2 Å². The Morgan fingerprint density at radius 3 is 1.85 bits per heavy atom. The van der Waals surface area contributed by atoms with Gasteiger partial charge in [0.1, 0.15) is 0 Å². The number of nitro groups is 1. The van der Waals surface area contributed by atoms with E-state index in [2.05, 4.69) is 34.9 Å². The number of non-ortho nitro benzene ring substituents is 1. The highest BCUT2D eigenvalue weighted by Gasteiger charge is 2.19. The van der Waals surface area contributed by atoms with E-state index in [1.54, 1.807) is 12.1 Å². The fourth-order valence-electron chi connectivity index (χ4n) is 3.99. The summed E-state index contributed by atoms with van der Waals surface area (Å²) < 4.78 is 2.14. The van der Waals surface area contributed by atoms with E-state index in [0.717, 1.165) is 39.5 Å². The molecule has 0 radical (unpaired) electrons. The molecule has 34 heavy (non-hydrogen) atoms. The first kappa shape index (κ1) is 21.1. The smallest absolute Gasteiger partial charge is 0.269 e. The van der Waals surface area contributed by atoms with Gasteiger partial charge in [-0.2, -0.15) is 0 Å². The molecule has 0 aliphatic rings. The molecule has 0 unspecified atom stereocenters. The maximum absolute atomic E-state index is 11.2. The Hall–Kier alpha value is -4.77. The van der Waals surface area contributed by atoms with Gasteiger partial charge in [-0.3, -0.25) is 15.1 Å². The number of para-hydroxylation sites is 1. The molecule has 5 rings (SSSR count). The number of hydrogen-bond donors (Lipinski definition) is 0. The summed E-state index contributed by atoms with van der Waals surface area (Å²) in [7, 11) is 0. The van der Waals surface area contributed by atoms with Crippen LogP contribution in [0.1, 0.15) is 5.56 Å². The number of aromatic nitrogens is 1. The molecule has 5 heteroatoms. The lowest BCUT2D eigenvalue weighted by molar-refractivity contribution is -0.384. The summed E-state index contributed by atoms with van der Waals surface area (Å²) in [6.07, 6.45) is 1.88. The van der Waals surface area contributed by atoms with Crippen LogP contribution in [0.2, 0.25) is 0 Å². The standard InChI is InChI=1S/C29H21N3O2/c33-32(34)27-18-16-26(17-19-27)31-28(22-10-4-1-5-11-22)20-24(21-30-25-14-8-3-9-15-25)29(31)23-12-6-2-7-13-23/h1-21H. The van der Waals surface area contributed by atoms with E-state index in [9.17, 15) is 10.1 Å². The Bertz CT molecular complexity index is 1440. The molecule has 0 atom stereocenters. The van der Waals surface area contributed by atoms with E-state index in [0.29, 0.717) is 0 Å². The molecule has 0 spiro atoms. The highest BCUT2D eigenvalue weighted by Crippen LogP contribution is 2.36. The van der Waals surface area contributed by atoms with Crippen molar-refractivity contribution in [1.82, 2.24) is 4.57 Å². The summed E-state index contributed by atoms with van der Waals surface area (Å²) in [5, 5.41) is 11.2. The minimum Gasteiger partial charge on any atom is -0.309 e. The number of nitrogens with zero attached hydrogens (tertiary/aromatic N) is 3. The van der Waals surface area contributed by atoms with Gasteiger partial charge in [0.05, 0.1) is 22.0 Å². The van der Waals surface area contributed by atoms with Crippen LogP contribution in [-0.4, -0.2) is 15.7 Å². The van der Waals surface area contributed by atoms with E-state index in [1.807, 2.05) is 72.9 Å². The van der Waals surface area contributed by atoms with Gasteiger partial charge in [-0.15, -0.1) is 0 Å². The first-order valence-corrected chi connectivity index (χ1v) is 10.9. The molecule has 0 saturated heterocycles. The quantitative estimate of drug-likeness (QED) is 0.155. The third-order valence-electron chi connectivity index (χ3n) is 5.57. The maximum atomic E-state index is 11.2. The minimum atomic E-state index is -0.381. The molecular formula is C29H21N3O2. The van der Waals surface area contributed by atoms with Crippen LogP contribution in [0.4, 0.5) is 11.4 Å². The van der Waals surface area contributed by atoms with E-state index >= 15 is 0 Å². The van der Waals surface area contributed by atoms with Crippen molar-refractivity contribution in [2.45, 2.75) is 0 Å². The molecule has 1 heterocycles. The Labute approximate surface area is 197 Å². The second-order valence-electron chi connectivity index (χ2n) is 7.77. The van der Waals surface area contributed by atoms with Crippen LogP contribution in [0.5, 0.6) is 0 Å². The number of rotatable bonds is 6. The lowest BCUT2D eigenvalue weighted by atomic mass is 10.1. The molecule has 0 N–H and O–H groups in total. The fraction of sp³-hybridized carbons (Fsp3) is 0.